The highest BCUT2D eigenvalue weighted by Gasteiger charge is 2.28. The van der Waals surface area contributed by atoms with Crippen molar-refractivity contribution in [2.45, 2.75) is 51.6 Å². The molecule has 0 heterocycles. The van der Waals surface area contributed by atoms with Crippen molar-refractivity contribution in [2.75, 3.05) is 24.6 Å². The summed E-state index contributed by atoms with van der Waals surface area (Å²) in [5.41, 5.74) is 1.74. The van der Waals surface area contributed by atoms with Gasteiger partial charge in [0.2, 0.25) is 0 Å². The number of nitrogens with one attached hydrogen (secondary N) is 1. The zero-order chi connectivity index (χ0) is 15.2. The van der Waals surface area contributed by atoms with Crippen LogP contribution in [0, 0.1) is 5.82 Å². The molecular weight excluding hydrogens is 267 g/mol. The monoisotopic (exact) mass is 294 g/mol. The normalized spacial score (nSPS) is 16.6. The van der Waals surface area contributed by atoms with Crippen molar-refractivity contribution in [3.8, 4) is 0 Å². The van der Waals surface area contributed by atoms with Crippen LogP contribution in [0.15, 0.2) is 18.2 Å². The summed E-state index contributed by atoms with van der Waals surface area (Å²) < 4.78 is 14.4. The third-order valence-electron chi connectivity index (χ3n) is 4.36. The minimum absolute atomic E-state index is 0.0112. The highest BCUT2D eigenvalue weighted by molar-refractivity contribution is 5.56. The third-order valence-corrected chi connectivity index (χ3v) is 4.36. The topological polar surface area (TPSA) is 35.5 Å². The van der Waals surface area contributed by atoms with Gasteiger partial charge < -0.3 is 15.3 Å². The molecule has 118 valence electrons. The maximum atomic E-state index is 14.4. The fraction of sp³-hybridized carbons (Fsp3) is 0.647. The van der Waals surface area contributed by atoms with Gasteiger partial charge in [-0.1, -0.05) is 13.0 Å². The summed E-state index contributed by atoms with van der Waals surface area (Å²) in [6, 6.07) is 5.82. The molecule has 0 aliphatic heterocycles. The average molecular weight is 294 g/mol. The fourth-order valence-corrected chi connectivity index (χ4v) is 3.05. The molecule has 2 N–H and O–H groups in total. The highest BCUT2D eigenvalue weighted by Crippen LogP contribution is 2.35. The summed E-state index contributed by atoms with van der Waals surface area (Å²) in [4.78, 5) is 2.30. The Hall–Kier alpha value is -1.13. The van der Waals surface area contributed by atoms with Crippen LogP contribution >= 0.6 is 0 Å². The maximum absolute atomic E-state index is 14.4. The van der Waals surface area contributed by atoms with E-state index in [9.17, 15) is 4.39 Å². The van der Waals surface area contributed by atoms with Gasteiger partial charge in [0.1, 0.15) is 5.82 Å². The van der Waals surface area contributed by atoms with Crippen LogP contribution < -0.4 is 10.2 Å². The zero-order valence-electron chi connectivity index (χ0n) is 13.1. The second kappa shape index (κ2) is 7.76. The lowest BCUT2D eigenvalue weighted by molar-refractivity contribution is 0.282. The molecule has 1 atom stereocenters. The third kappa shape index (κ3) is 3.74. The lowest BCUT2D eigenvalue weighted by Crippen LogP contribution is -2.42. The van der Waals surface area contributed by atoms with Crippen LogP contribution in [0.5, 0.6) is 0 Å². The van der Waals surface area contributed by atoms with E-state index in [2.05, 4.69) is 10.2 Å². The van der Waals surface area contributed by atoms with Gasteiger partial charge in [-0.3, -0.25) is 0 Å². The van der Waals surface area contributed by atoms with Crippen molar-refractivity contribution in [3.63, 3.8) is 0 Å². The quantitative estimate of drug-likeness (QED) is 0.772. The molecule has 1 saturated carbocycles. The minimum Gasteiger partial charge on any atom is -0.396 e. The Bertz CT molecular complexity index is 448. The summed E-state index contributed by atoms with van der Waals surface area (Å²) in [5.74, 6) is -0.144. The lowest BCUT2D eigenvalue weighted by Gasteiger charge is -2.41. The number of hydrogen-bond donors (Lipinski definition) is 2. The first kappa shape index (κ1) is 16.2. The van der Waals surface area contributed by atoms with E-state index in [-0.39, 0.29) is 18.5 Å². The summed E-state index contributed by atoms with van der Waals surface area (Å²) in [6.07, 6.45) is 4.30. The summed E-state index contributed by atoms with van der Waals surface area (Å²) in [7, 11) is 0. The second-order valence-corrected chi connectivity index (χ2v) is 5.81. The molecule has 0 saturated heterocycles. The van der Waals surface area contributed by atoms with Gasteiger partial charge in [-0.15, -0.1) is 0 Å². The van der Waals surface area contributed by atoms with E-state index in [1.165, 1.54) is 12.5 Å². The molecule has 1 aliphatic rings. The van der Waals surface area contributed by atoms with Crippen LogP contribution in [0.2, 0.25) is 0 Å². The van der Waals surface area contributed by atoms with Crippen LogP contribution in [-0.2, 0) is 0 Å². The summed E-state index contributed by atoms with van der Waals surface area (Å²) in [6.45, 7) is 5.82. The first-order valence-electron chi connectivity index (χ1n) is 8.08. The predicted octanol–water partition coefficient (Wildman–Crippen LogP) is 3.24. The molecule has 2 rings (SSSR count). The molecule has 1 unspecified atom stereocenters. The predicted molar refractivity (Wildman–Crippen MR) is 85.2 cm³/mol. The van der Waals surface area contributed by atoms with Crippen molar-refractivity contribution in [1.29, 1.82) is 0 Å². The van der Waals surface area contributed by atoms with Crippen molar-refractivity contribution in [2.24, 2.45) is 0 Å². The maximum Gasteiger partial charge on any atom is 0.130 e. The summed E-state index contributed by atoms with van der Waals surface area (Å²) >= 11 is 0. The molecule has 1 aromatic carbocycles. The Balaban J connectivity index is 2.31. The van der Waals surface area contributed by atoms with Crippen LogP contribution in [0.3, 0.4) is 0 Å². The molecule has 0 aromatic heterocycles. The van der Waals surface area contributed by atoms with Gasteiger partial charge in [0, 0.05) is 36.5 Å². The van der Waals surface area contributed by atoms with E-state index >= 15 is 0 Å². The van der Waals surface area contributed by atoms with Gasteiger partial charge in [0.15, 0.2) is 0 Å². The van der Waals surface area contributed by atoms with Crippen molar-refractivity contribution in [1.82, 2.24) is 5.32 Å². The van der Waals surface area contributed by atoms with E-state index in [0.717, 1.165) is 43.6 Å². The Morgan fingerprint density at radius 3 is 2.76 bits per heavy atom. The standard InChI is InChI=1S/C17H27FN2O/c1-3-19-13(2)17-15(18)9-5-10-16(17)20(11-6-12-21)14-7-4-8-14/h5,9-10,13-14,19,21H,3-4,6-8,11-12H2,1-2H3. The van der Waals surface area contributed by atoms with Gasteiger partial charge in [-0.2, -0.15) is 0 Å². The molecule has 1 aromatic rings. The van der Waals surface area contributed by atoms with Gasteiger partial charge >= 0.3 is 0 Å². The molecule has 0 spiro atoms. The first-order chi connectivity index (χ1) is 10.2. The Morgan fingerprint density at radius 1 is 1.43 bits per heavy atom. The van der Waals surface area contributed by atoms with E-state index in [1.807, 2.05) is 19.9 Å². The molecule has 21 heavy (non-hydrogen) atoms. The number of nitrogens with zero attached hydrogens (tertiary/aromatic N) is 1. The molecule has 3 nitrogen and oxygen atoms in total. The molecule has 0 amide bonds. The van der Waals surface area contributed by atoms with Gasteiger partial charge in [-0.05, 0) is 51.3 Å². The largest absolute Gasteiger partial charge is 0.396 e. The number of benzene rings is 1. The molecule has 1 fully saturated rings. The fourth-order valence-electron chi connectivity index (χ4n) is 3.05. The van der Waals surface area contributed by atoms with E-state index < -0.39 is 0 Å². The average Bonchev–Trinajstić information content (AvgIpc) is 2.41. The number of hydrogen-bond acceptors (Lipinski definition) is 3. The number of aliphatic hydroxyl groups is 1. The van der Waals surface area contributed by atoms with Gasteiger partial charge in [0.05, 0.1) is 0 Å². The smallest absolute Gasteiger partial charge is 0.130 e. The van der Waals surface area contributed by atoms with E-state index in [4.69, 9.17) is 5.11 Å². The Kier molecular flexibility index (Phi) is 6.00. The molecule has 0 radical (unpaired) electrons. The molecule has 0 bridgehead atoms. The minimum atomic E-state index is -0.144. The molecular formula is C17H27FN2O. The number of anilines is 1. The Morgan fingerprint density at radius 2 is 2.19 bits per heavy atom. The van der Waals surface area contributed by atoms with E-state index in [1.54, 1.807) is 6.07 Å². The zero-order valence-corrected chi connectivity index (χ0v) is 13.1. The molecule has 4 heteroatoms. The van der Waals surface area contributed by atoms with Crippen molar-refractivity contribution >= 4 is 5.69 Å². The number of rotatable bonds is 8. The lowest BCUT2D eigenvalue weighted by atomic mass is 9.90. The molecule has 1 aliphatic carbocycles. The Labute approximate surface area is 127 Å². The first-order valence-corrected chi connectivity index (χ1v) is 8.08. The highest BCUT2D eigenvalue weighted by atomic mass is 19.1. The summed E-state index contributed by atoms with van der Waals surface area (Å²) in [5, 5.41) is 12.5. The van der Waals surface area contributed by atoms with Crippen molar-refractivity contribution in [3.05, 3.63) is 29.6 Å². The van der Waals surface area contributed by atoms with Crippen LogP contribution in [-0.4, -0.2) is 30.8 Å². The van der Waals surface area contributed by atoms with E-state index in [0.29, 0.717) is 6.04 Å². The number of aliphatic hydroxyl groups excluding tert-OH is 1. The number of halogens is 1. The van der Waals surface area contributed by atoms with Crippen molar-refractivity contribution < 1.29 is 9.50 Å². The van der Waals surface area contributed by atoms with Gasteiger partial charge in [-0.25, -0.2) is 4.39 Å². The van der Waals surface area contributed by atoms with Gasteiger partial charge in [0.25, 0.3) is 0 Å². The van der Waals surface area contributed by atoms with Crippen LogP contribution in [0.4, 0.5) is 10.1 Å². The van der Waals surface area contributed by atoms with Crippen LogP contribution in [0.1, 0.15) is 51.1 Å². The van der Waals surface area contributed by atoms with Crippen LogP contribution in [0.25, 0.3) is 0 Å². The second-order valence-electron chi connectivity index (χ2n) is 5.81. The SMILES string of the molecule is CCNC(C)c1c(F)cccc1N(CCCO)C1CCC1.